The Balaban J connectivity index is 1.40. The number of nitrogens with one attached hydrogen (secondary N) is 1. The van der Waals surface area contributed by atoms with E-state index >= 15 is 0 Å². The number of rotatable bonds is 3. The van der Waals surface area contributed by atoms with E-state index < -0.39 is 0 Å². The summed E-state index contributed by atoms with van der Waals surface area (Å²) in [7, 11) is 4.39. The lowest BCUT2D eigenvalue weighted by Gasteiger charge is -2.45. The maximum Gasteiger partial charge on any atom is 0.0628 e. The summed E-state index contributed by atoms with van der Waals surface area (Å²) in [6.45, 7) is 5.57. The van der Waals surface area contributed by atoms with E-state index in [2.05, 4.69) is 67.3 Å². The van der Waals surface area contributed by atoms with Crippen molar-refractivity contribution in [3.63, 3.8) is 0 Å². The van der Waals surface area contributed by atoms with Crippen molar-refractivity contribution in [3.8, 4) is 0 Å². The number of aromatic amines is 1. The topological polar surface area (TPSA) is 36.9 Å². The smallest absolute Gasteiger partial charge is 0.0628 e. The number of aryl methyl sites for hydroxylation is 2. The third kappa shape index (κ3) is 2.65. The van der Waals surface area contributed by atoms with Crippen molar-refractivity contribution in [2.45, 2.75) is 51.5 Å². The highest BCUT2D eigenvalue weighted by molar-refractivity contribution is 5.88. The van der Waals surface area contributed by atoms with E-state index in [0.29, 0.717) is 12.0 Å². The Morgan fingerprint density at radius 3 is 2.85 bits per heavy atom. The fourth-order valence-corrected chi connectivity index (χ4v) is 5.79. The van der Waals surface area contributed by atoms with Crippen LogP contribution >= 0.6 is 0 Å². The molecule has 4 nitrogen and oxygen atoms in total. The molecule has 2 aromatic heterocycles. The second kappa shape index (κ2) is 6.23. The summed E-state index contributed by atoms with van der Waals surface area (Å²) in [5, 5.41) is 6.11. The molecule has 1 unspecified atom stereocenters. The van der Waals surface area contributed by atoms with Gasteiger partial charge in [-0.25, -0.2) is 0 Å². The number of aromatic nitrogens is 3. The van der Waals surface area contributed by atoms with Gasteiger partial charge in [-0.1, -0.05) is 12.1 Å². The molecule has 1 aliphatic carbocycles. The highest BCUT2D eigenvalue weighted by atomic mass is 15.3. The van der Waals surface area contributed by atoms with Gasteiger partial charge in [0, 0.05) is 48.3 Å². The third-order valence-electron chi connectivity index (χ3n) is 7.27. The molecule has 0 bridgehead atoms. The van der Waals surface area contributed by atoms with Crippen LogP contribution in [-0.2, 0) is 19.9 Å². The van der Waals surface area contributed by atoms with Gasteiger partial charge in [0.15, 0.2) is 0 Å². The lowest BCUT2D eigenvalue weighted by atomic mass is 9.71. The Morgan fingerprint density at radius 2 is 2.07 bits per heavy atom. The molecule has 3 heterocycles. The number of piperidine rings is 1. The average Bonchev–Trinajstić information content (AvgIpc) is 3.17. The Kier molecular flexibility index (Phi) is 3.94. The van der Waals surface area contributed by atoms with Crippen molar-refractivity contribution >= 4 is 10.9 Å². The van der Waals surface area contributed by atoms with Gasteiger partial charge < -0.3 is 9.88 Å². The summed E-state index contributed by atoms with van der Waals surface area (Å²) < 4.78 is 2.03. The second-order valence-corrected chi connectivity index (χ2v) is 8.81. The van der Waals surface area contributed by atoms with E-state index in [4.69, 9.17) is 0 Å². The minimum atomic E-state index is 0.650. The lowest BCUT2D eigenvalue weighted by molar-refractivity contribution is 0.108. The van der Waals surface area contributed by atoms with Gasteiger partial charge in [-0.15, -0.1) is 0 Å². The van der Waals surface area contributed by atoms with Crippen LogP contribution in [-0.4, -0.2) is 39.3 Å². The Hall–Kier alpha value is -2.07. The largest absolute Gasteiger partial charge is 0.361 e. The summed E-state index contributed by atoms with van der Waals surface area (Å²) in [6.07, 6.45) is 7.15. The molecule has 3 aromatic rings. The zero-order valence-corrected chi connectivity index (χ0v) is 16.9. The van der Waals surface area contributed by atoms with E-state index in [9.17, 15) is 0 Å². The molecule has 0 radical (unpaired) electrons. The van der Waals surface area contributed by atoms with E-state index in [1.807, 2.05) is 4.68 Å². The van der Waals surface area contributed by atoms with Crippen molar-refractivity contribution in [1.82, 2.24) is 19.7 Å². The maximum atomic E-state index is 4.60. The molecule has 27 heavy (non-hydrogen) atoms. The van der Waals surface area contributed by atoms with Crippen LogP contribution in [0, 0.1) is 19.8 Å². The normalized spacial score (nSPS) is 25.1. The van der Waals surface area contributed by atoms with Crippen LogP contribution in [0.1, 0.15) is 46.8 Å². The van der Waals surface area contributed by atoms with Crippen LogP contribution in [0.25, 0.3) is 10.9 Å². The summed E-state index contributed by atoms with van der Waals surface area (Å²) >= 11 is 0. The van der Waals surface area contributed by atoms with Crippen LogP contribution in [0.3, 0.4) is 0 Å². The molecule has 1 fully saturated rings. The molecule has 1 aliphatic heterocycles. The van der Waals surface area contributed by atoms with Gasteiger partial charge in [-0.2, -0.15) is 5.10 Å². The number of likely N-dealkylation sites (tertiary alicyclic amines) is 1. The van der Waals surface area contributed by atoms with Crippen LogP contribution in [0.5, 0.6) is 0 Å². The number of benzene rings is 1. The van der Waals surface area contributed by atoms with Gasteiger partial charge in [0.1, 0.15) is 0 Å². The van der Waals surface area contributed by atoms with E-state index in [1.165, 1.54) is 59.2 Å². The molecular formula is C23H30N4. The zero-order chi connectivity index (χ0) is 18.7. The SMILES string of the molecule is Cc1nn(C)c(C)c1CCC1C[C@@H]2c3cccc4[nH]cc(c34)C[C@H]2N(C)C1. The number of H-pyrrole nitrogens is 1. The first-order valence-electron chi connectivity index (χ1n) is 10.3. The molecule has 2 aliphatic rings. The summed E-state index contributed by atoms with van der Waals surface area (Å²) in [4.78, 5) is 6.12. The molecule has 5 rings (SSSR count). The first kappa shape index (κ1) is 17.1. The van der Waals surface area contributed by atoms with E-state index in [1.54, 1.807) is 5.56 Å². The van der Waals surface area contributed by atoms with Crippen molar-refractivity contribution in [2.24, 2.45) is 13.0 Å². The number of nitrogens with zero attached hydrogens (tertiary/aromatic N) is 3. The first-order valence-corrected chi connectivity index (χ1v) is 10.3. The number of hydrogen-bond acceptors (Lipinski definition) is 2. The van der Waals surface area contributed by atoms with Crippen LogP contribution in [0.2, 0.25) is 0 Å². The maximum absolute atomic E-state index is 4.60. The standard InChI is InChI=1S/C23H30N4/c1-14-18(15(2)27(4)25-14)9-8-16-10-20-19-6-5-7-21-23(19)17(12-24-21)11-22(20)26(3)13-16/h5-7,12,16,20,22,24H,8-11,13H2,1-4H3/t16?,20-,22-/m1/s1. The van der Waals surface area contributed by atoms with Crippen LogP contribution < -0.4 is 0 Å². The molecule has 1 saturated heterocycles. The molecule has 1 aromatic carbocycles. The minimum Gasteiger partial charge on any atom is -0.361 e. The Bertz CT molecular complexity index is 995. The highest BCUT2D eigenvalue weighted by Gasteiger charge is 2.39. The van der Waals surface area contributed by atoms with Gasteiger partial charge in [0.2, 0.25) is 0 Å². The molecule has 0 saturated carbocycles. The molecule has 1 N–H and O–H groups in total. The Morgan fingerprint density at radius 1 is 1.22 bits per heavy atom. The van der Waals surface area contributed by atoms with Gasteiger partial charge in [-0.05, 0) is 75.3 Å². The second-order valence-electron chi connectivity index (χ2n) is 8.81. The van der Waals surface area contributed by atoms with Crippen molar-refractivity contribution in [3.05, 3.63) is 52.5 Å². The number of hydrogen-bond donors (Lipinski definition) is 1. The predicted molar refractivity (Wildman–Crippen MR) is 110 cm³/mol. The number of fused-ring (bicyclic) bond motifs is 2. The predicted octanol–water partition coefficient (Wildman–Crippen LogP) is 4.11. The lowest BCUT2D eigenvalue weighted by Crippen LogP contribution is -2.47. The molecule has 142 valence electrons. The number of likely N-dealkylation sites (N-methyl/N-ethyl adjacent to an activating group) is 1. The quantitative estimate of drug-likeness (QED) is 0.761. The van der Waals surface area contributed by atoms with Crippen molar-refractivity contribution in [1.29, 1.82) is 0 Å². The zero-order valence-electron chi connectivity index (χ0n) is 16.9. The van der Waals surface area contributed by atoms with Gasteiger partial charge in [0.25, 0.3) is 0 Å². The summed E-state index contributed by atoms with van der Waals surface area (Å²) in [6, 6.07) is 7.48. The van der Waals surface area contributed by atoms with E-state index in [0.717, 1.165) is 12.3 Å². The fraction of sp³-hybridized carbons (Fsp3) is 0.522. The molecular weight excluding hydrogens is 332 g/mol. The van der Waals surface area contributed by atoms with Gasteiger partial charge in [0.05, 0.1) is 5.69 Å². The average molecular weight is 363 g/mol. The summed E-state index contributed by atoms with van der Waals surface area (Å²) in [5.41, 5.74) is 8.39. The molecule has 0 spiro atoms. The van der Waals surface area contributed by atoms with Crippen LogP contribution in [0.4, 0.5) is 0 Å². The van der Waals surface area contributed by atoms with Crippen molar-refractivity contribution in [2.75, 3.05) is 13.6 Å². The molecule has 3 atom stereocenters. The fourth-order valence-electron chi connectivity index (χ4n) is 5.79. The third-order valence-corrected chi connectivity index (χ3v) is 7.27. The monoisotopic (exact) mass is 362 g/mol. The van der Waals surface area contributed by atoms with E-state index in [-0.39, 0.29) is 0 Å². The highest BCUT2D eigenvalue weighted by Crippen LogP contribution is 2.45. The van der Waals surface area contributed by atoms with Gasteiger partial charge in [-0.3, -0.25) is 4.68 Å². The summed E-state index contributed by atoms with van der Waals surface area (Å²) in [5.74, 6) is 1.42. The van der Waals surface area contributed by atoms with Crippen LogP contribution in [0.15, 0.2) is 24.4 Å². The Labute approximate surface area is 161 Å². The van der Waals surface area contributed by atoms with Gasteiger partial charge >= 0.3 is 0 Å². The first-order chi connectivity index (χ1) is 13.0. The molecule has 0 amide bonds. The van der Waals surface area contributed by atoms with Crippen molar-refractivity contribution < 1.29 is 0 Å². The minimum absolute atomic E-state index is 0.650. The molecule has 4 heteroatoms.